The van der Waals surface area contributed by atoms with Crippen molar-refractivity contribution in [3.63, 3.8) is 0 Å². The molecule has 0 aliphatic rings. The molecule has 6 nitrogen and oxygen atoms in total. The van der Waals surface area contributed by atoms with Crippen LogP contribution in [0.15, 0.2) is 23.1 Å². The number of carbonyl (C=O) groups is 1. The molecular formula is C13H20N2O4S. The highest BCUT2D eigenvalue weighted by molar-refractivity contribution is 7.89. The molecular weight excluding hydrogens is 280 g/mol. The molecule has 0 saturated carbocycles. The van der Waals surface area contributed by atoms with Crippen LogP contribution in [0.3, 0.4) is 0 Å². The van der Waals surface area contributed by atoms with Crippen LogP contribution in [0, 0.1) is 6.92 Å². The minimum Gasteiger partial charge on any atom is -0.277 e. The fraction of sp³-hybridized carbons (Fsp3) is 0.462. The van der Waals surface area contributed by atoms with Crippen LogP contribution in [-0.2, 0) is 14.9 Å². The molecule has 0 aromatic heterocycles. The summed E-state index contributed by atoms with van der Waals surface area (Å²) in [5, 5.41) is 0. The van der Waals surface area contributed by atoms with Gasteiger partial charge in [-0.05, 0) is 45.4 Å². The van der Waals surface area contributed by atoms with Crippen molar-refractivity contribution in [1.82, 2.24) is 10.2 Å². The van der Waals surface area contributed by atoms with Gasteiger partial charge in [0.05, 0.1) is 12.0 Å². The molecule has 0 unspecified atom stereocenters. The van der Waals surface area contributed by atoms with E-state index in [0.29, 0.717) is 5.56 Å². The van der Waals surface area contributed by atoms with Crippen molar-refractivity contribution in [2.75, 3.05) is 7.11 Å². The molecule has 112 valence electrons. The van der Waals surface area contributed by atoms with Gasteiger partial charge in [0.2, 0.25) is 10.0 Å². The topological polar surface area (TPSA) is 84.5 Å². The van der Waals surface area contributed by atoms with Gasteiger partial charge in [0.15, 0.2) is 0 Å². The molecule has 20 heavy (non-hydrogen) atoms. The molecule has 0 atom stereocenters. The summed E-state index contributed by atoms with van der Waals surface area (Å²) in [6, 6.07) is 4.53. The largest absolute Gasteiger partial charge is 0.277 e. The fourth-order valence-corrected chi connectivity index (χ4v) is 3.44. The molecule has 0 heterocycles. The minimum atomic E-state index is -3.69. The number of hydrogen-bond acceptors (Lipinski definition) is 4. The van der Waals surface area contributed by atoms with Crippen LogP contribution in [0.4, 0.5) is 0 Å². The van der Waals surface area contributed by atoms with E-state index in [2.05, 4.69) is 15.0 Å². The van der Waals surface area contributed by atoms with Gasteiger partial charge in [-0.3, -0.25) is 9.63 Å². The molecule has 7 heteroatoms. The number of sulfonamides is 1. The third-order valence-electron chi connectivity index (χ3n) is 2.45. The highest BCUT2D eigenvalue weighted by Crippen LogP contribution is 2.20. The molecule has 1 rings (SSSR count). The maximum atomic E-state index is 12.3. The Labute approximate surface area is 119 Å². The third kappa shape index (κ3) is 4.03. The predicted octanol–water partition coefficient (Wildman–Crippen LogP) is 1.36. The summed E-state index contributed by atoms with van der Waals surface area (Å²) in [4.78, 5) is 16.4. The lowest BCUT2D eigenvalue weighted by molar-refractivity contribution is 0.0536. The highest BCUT2D eigenvalue weighted by atomic mass is 32.2. The number of rotatable bonds is 4. The van der Waals surface area contributed by atoms with E-state index in [4.69, 9.17) is 0 Å². The zero-order valence-corrected chi connectivity index (χ0v) is 13.1. The first-order valence-corrected chi connectivity index (χ1v) is 7.54. The Morgan fingerprint density at radius 3 is 2.35 bits per heavy atom. The van der Waals surface area contributed by atoms with Crippen molar-refractivity contribution in [2.24, 2.45) is 0 Å². The Morgan fingerprint density at radius 1 is 1.25 bits per heavy atom. The second-order valence-corrected chi connectivity index (χ2v) is 7.07. The molecule has 0 spiro atoms. The van der Waals surface area contributed by atoms with E-state index in [0.717, 1.165) is 0 Å². The molecule has 1 amide bonds. The van der Waals surface area contributed by atoms with E-state index < -0.39 is 21.5 Å². The van der Waals surface area contributed by atoms with E-state index in [1.54, 1.807) is 33.8 Å². The maximum absolute atomic E-state index is 12.3. The van der Waals surface area contributed by atoms with Gasteiger partial charge in [-0.1, -0.05) is 6.07 Å². The van der Waals surface area contributed by atoms with Crippen molar-refractivity contribution < 1.29 is 18.0 Å². The lowest BCUT2D eigenvalue weighted by Crippen LogP contribution is -2.40. The van der Waals surface area contributed by atoms with Gasteiger partial charge in [0.1, 0.15) is 0 Å². The zero-order valence-electron chi connectivity index (χ0n) is 12.3. The average Bonchev–Trinajstić information content (AvgIpc) is 2.25. The summed E-state index contributed by atoms with van der Waals surface area (Å²) in [5.74, 6) is -0.488. The molecule has 0 bridgehead atoms. The zero-order chi connectivity index (χ0) is 15.6. The number of amides is 1. The monoisotopic (exact) mass is 300 g/mol. The van der Waals surface area contributed by atoms with Crippen LogP contribution >= 0.6 is 0 Å². The normalized spacial score (nSPS) is 12.2. The van der Waals surface area contributed by atoms with E-state index in [-0.39, 0.29) is 10.5 Å². The number of carbonyl (C=O) groups excluding carboxylic acids is 1. The van der Waals surface area contributed by atoms with Gasteiger partial charge in [-0.15, -0.1) is 0 Å². The molecule has 1 aromatic rings. The Hall–Kier alpha value is -1.44. The molecule has 0 aliphatic heterocycles. The van der Waals surface area contributed by atoms with Crippen LogP contribution in [0.1, 0.15) is 36.7 Å². The van der Waals surface area contributed by atoms with Crippen LogP contribution < -0.4 is 10.2 Å². The highest BCUT2D eigenvalue weighted by Gasteiger charge is 2.25. The SMILES string of the molecule is CONC(=O)c1cccc(S(=O)(=O)NC(C)(C)C)c1C. The van der Waals surface area contributed by atoms with Crippen molar-refractivity contribution >= 4 is 15.9 Å². The van der Waals surface area contributed by atoms with E-state index in [9.17, 15) is 13.2 Å². The number of hydrogen-bond donors (Lipinski definition) is 2. The van der Waals surface area contributed by atoms with Gasteiger partial charge in [0, 0.05) is 11.1 Å². The molecule has 0 fully saturated rings. The van der Waals surface area contributed by atoms with Crippen molar-refractivity contribution in [2.45, 2.75) is 38.1 Å². The Kier molecular flexibility index (Phi) is 4.90. The van der Waals surface area contributed by atoms with Gasteiger partial charge in [-0.2, -0.15) is 0 Å². The summed E-state index contributed by atoms with van der Waals surface area (Å²) in [6.45, 7) is 6.84. The number of nitrogens with one attached hydrogen (secondary N) is 2. The molecule has 1 aromatic carbocycles. The molecule has 0 saturated heterocycles. The van der Waals surface area contributed by atoms with Gasteiger partial charge in [-0.25, -0.2) is 18.6 Å². The fourth-order valence-electron chi connectivity index (χ4n) is 1.76. The van der Waals surface area contributed by atoms with E-state index in [1.165, 1.54) is 19.2 Å². The predicted molar refractivity (Wildman–Crippen MR) is 75.7 cm³/mol. The Bertz CT molecular complexity index is 603. The lowest BCUT2D eigenvalue weighted by Gasteiger charge is -2.21. The van der Waals surface area contributed by atoms with Crippen LogP contribution in [0.2, 0.25) is 0 Å². The van der Waals surface area contributed by atoms with E-state index in [1.807, 2.05) is 0 Å². The maximum Gasteiger partial charge on any atom is 0.275 e. The first kappa shape index (κ1) is 16.6. The Balaban J connectivity index is 3.28. The first-order chi connectivity index (χ1) is 9.08. The average molecular weight is 300 g/mol. The first-order valence-electron chi connectivity index (χ1n) is 6.05. The van der Waals surface area contributed by atoms with Crippen LogP contribution in [0.25, 0.3) is 0 Å². The number of benzene rings is 1. The summed E-state index contributed by atoms with van der Waals surface area (Å²) in [6.07, 6.45) is 0. The van der Waals surface area contributed by atoms with Crippen LogP contribution in [-0.4, -0.2) is 27.0 Å². The van der Waals surface area contributed by atoms with Crippen molar-refractivity contribution in [3.05, 3.63) is 29.3 Å². The standard InChI is InChI=1S/C13H20N2O4S/c1-9-10(12(16)14-19-5)7-6-8-11(9)20(17,18)15-13(2,3)4/h6-8,15H,1-5H3,(H,14,16). The molecule has 2 N–H and O–H groups in total. The van der Waals surface area contributed by atoms with Crippen molar-refractivity contribution in [3.8, 4) is 0 Å². The molecule has 0 radical (unpaired) electrons. The van der Waals surface area contributed by atoms with Crippen molar-refractivity contribution in [1.29, 1.82) is 0 Å². The quantitative estimate of drug-likeness (QED) is 0.822. The summed E-state index contributed by atoms with van der Waals surface area (Å²) < 4.78 is 27.2. The summed E-state index contributed by atoms with van der Waals surface area (Å²) in [7, 11) is -2.38. The lowest BCUT2D eigenvalue weighted by atomic mass is 10.1. The second-order valence-electron chi connectivity index (χ2n) is 5.42. The second kappa shape index (κ2) is 5.90. The van der Waals surface area contributed by atoms with Gasteiger partial charge in [0.25, 0.3) is 5.91 Å². The van der Waals surface area contributed by atoms with E-state index >= 15 is 0 Å². The molecule has 0 aliphatic carbocycles. The summed E-state index contributed by atoms with van der Waals surface area (Å²) in [5.41, 5.74) is 2.20. The smallest absolute Gasteiger partial charge is 0.275 e. The number of hydroxylamine groups is 1. The minimum absolute atomic E-state index is 0.0798. The Morgan fingerprint density at radius 2 is 1.85 bits per heavy atom. The van der Waals surface area contributed by atoms with Crippen LogP contribution in [0.5, 0.6) is 0 Å². The van der Waals surface area contributed by atoms with Gasteiger partial charge < -0.3 is 0 Å². The van der Waals surface area contributed by atoms with Gasteiger partial charge >= 0.3 is 0 Å². The summed E-state index contributed by atoms with van der Waals surface area (Å²) >= 11 is 0. The third-order valence-corrected chi connectivity index (χ3v) is 4.36.